The summed E-state index contributed by atoms with van der Waals surface area (Å²) in [6.45, 7) is 8.55. The zero-order valence-electron chi connectivity index (χ0n) is 21.0. The van der Waals surface area contributed by atoms with E-state index in [2.05, 4.69) is 16.6 Å². The molecule has 1 amide bonds. The third-order valence-corrected chi connectivity index (χ3v) is 7.88. The summed E-state index contributed by atoms with van der Waals surface area (Å²) in [5.41, 5.74) is 2.73. The van der Waals surface area contributed by atoms with E-state index in [9.17, 15) is 14.0 Å². The Bertz CT molecular complexity index is 1450. The van der Waals surface area contributed by atoms with Crippen molar-refractivity contribution in [3.05, 3.63) is 104 Å². The summed E-state index contributed by atoms with van der Waals surface area (Å²) in [6.07, 6.45) is 2.48. The molecule has 3 heterocycles. The van der Waals surface area contributed by atoms with Crippen LogP contribution < -0.4 is 15.4 Å². The molecule has 1 atom stereocenters. The van der Waals surface area contributed by atoms with Crippen molar-refractivity contribution in [3.8, 4) is 0 Å². The molecule has 2 aromatic carbocycles. The first-order valence-corrected chi connectivity index (χ1v) is 13.2. The molecule has 1 fully saturated rings. The van der Waals surface area contributed by atoms with Crippen molar-refractivity contribution in [1.29, 1.82) is 0 Å². The van der Waals surface area contributed by atoms with Gasteiger partial charge < -0.3 is 14.7 Å². The molecule has 2 aliphatic rings. The fourth-order valence-corrected chi connectivity index (χ4v) is 5.51. The van der Waals surface area contributed by atoms with Crippen LogP contribution in [0.3, 0.4) is 0 Å². The lowest BCUT2D eigenvalue weighted by Crippen LogP contribution is -2.51. The minimum atomic E-state index is -0.593. The molecule has 0 saturated carbocycles. The van der Waals surface area contributed by atoms with Crippen molar-refractivity contribution < 1.29 is 9.18 Å². The molecule has 10 heteroatoms. The predicted octanol–water partition coefficient (Wildman–Crippen LogP) is 5.23. The number of allylic oxidation sites excluding steroid dienone is 1. The number of aromatic nitrogens is 2. The summed E-state index contributed by atoms with van der Waals surface area (Å²) in [5, 5.41) is 3.68. The van der Waals surface area contributed by atoms with Gasteiger partial charge in [-0.15, -0.1) is 6.58 Å². The highest BCUT2D eigenvalue weighted by Crippen LogP contribution is 2.40. The van der Waals surface area contributed by atoms with Crippen molar-refractivity contribution in [2.24, 2.45) is 0 Å². The minimum Gasteiger partial charge on any atom is -0.368 e. The predicted molar refractivity (Wildman–Crippen MR) is 150 cm³/mol. The van der Waals surface area contributed by atoms with E-state index in [-0.39, 0.29) is 17.3 Å². The number of aromatic amines is 1. The number of nitrogens with one attached hydrogen (secondary N) is 1. The van der Waals surface area contributed by atoms with Crippen LogP contribution in [0, 0.1) is 5.82 Å². The van der Waals surface area contributed by atoms with Crippen LogP contribution in [-0.2, 0) is 4.79 Å². The van der Waals surface area contributed by atoms with Crippen LogP contribution >= 0.6 is 23.2 Å². The van der Waals surface area contributed by atoms with Crippen molar-refractivity contribution in [1.82, 2.24) is 14.7 Å². The number of anilines is 2. The Balaban J connectivity index is 1.52. The number of hydrogen-bond donors (Lipinski definition) is 1. The average Bonchev–Trinajstić information content (AvgIpc) is 3.30. The summed E-state index contributed by atoms with van der Waals surface area (Å²) in [5.74, 6) is 0.281. The maximum absolute atomic E-state index is 14.2. The first kappa shape index (κ1) is 26.1. The number of amides is 1. The number of carbonyl (C=O) groups excluding carboxylic acids is 1. The molecular weight excluding hydrogens is 528 g/mol. The monoisotopic (exact) mass is 555 g/mol. The highest BCUT2D eigenvalue weighted by atomic mass is 35.5. The van der Waals surface area contributed by atoms with Gasteiger partial charge in [0.2, 0.25) is 0 Å². The third-order valence-electron chi connectivity index (χ3n) is 7.15. The third kappa shape index (κ3) is 4.86. The van der Waals surface area contributed by atoms with Crippen LogP contribution in [0.2, 0.25) is 10.0 Å². The highest BCUT2D eigenvalue weighted by molar-refractivity contribution is 6.42. The quantitative estimate of drug-likeness (QED) is 0.423. The number of benzene rings is 2. The van der Waals surface area contributed by atoms with Crippen molar-refractivity contribution in [2.45, 2.75) is 19.4 Å². The molecule has 0 aliphatic carbocycles. The molecule has 38 heavy (non-hydrogen) atoms. The van der Waals surface area contributed by atoms with Gasteiger partial charge in [-0.3, -0.25) is 19.4 Å². The average molecular weight is 556 g/mol. The molecule has 5 rings (SSSR count). The number of rotatable bonds is 6. The SMILES string of the molecule is C=CCCN1C(C)=C(C(=O)N2CCN(c3ccc(F)cc3)CC2)C(c2ccc(Cl)c(Cl)c2)n2[nH]c(=O)cc21. The lowest BCUT2D eigenvalue weighted by molar-refractivity contribution is -0.128. The van der Waals surface area contributed by atoms with E-state index >= 15 is 0 Å². The minimum absolute atomic E-state index is 0.110. The Morgan fingerprint density at radius 2 is 1.79 bits per heavy atom. The molecular formula is C28H28Cl2FN5O2. The smallest absolute Gasteiger partial charge is 0.266 e. The standard InChI is InChI=1S/C28H28Cl2FN5O2/c1-3-4-11-35-18(2)26(28(38)34-14-12-33(13-15-34)21-8-6-20(31)7-9-21)27(36-25(35)17-24(37)32-36)19-5-10-22(29)23(30)16-19/h3,5-10,16-17,27H,1,4,11-15H2,2H3,(H,32,37). The summed E-state index contributed by atoms with van der Waals surface area (Å²) < 4.78 is 15.1. The van der Waals surface area contributed by atoms with Gasteiger partial charge in [-0.25, -0.2) is 4.39 Å². The van der Waals surface area contributed by atoms with E-state index in [1.165, 1.54) is 12.1 Å². The van der Waals surface area contributed by atoms with E-state index in [0.717, 1.165) is 16.9 Å². The molecule has 3 aromatic rings. The molecule has 0 radical (unpaired) electrons. The normalized spacial score (nSPS) is 17.6. The number of halogens is 3. The van der Waals surface area contributed by atoms with E-state index in [1.54, 1.807) is 35.0 Å². The van der Waals surface area contributed by atoms with Gasteiger partial charge in [-0.05, 0) is 55.3 Å². The molecule has 1 N–H and O–H groups in total. The Kier molecular flexibility index (Phi) is 7.36. The van der Waals surface area contributed by atoms with Gasteiger partial charge in [0.25, 0.3) is 11.5 Å². The largest absolute Gasteiger partial charge is 0.368 e. The summed E-state index contributed by atoms with van der Waals surface area (Å²) in [4.78, 5) is 32.7. The van der Waals surface area contributed by atoms with Crippen molar-refractivity contribution in [2.75, 3.05) is 42.5 Å². The lowest BCUT2D eigenvalue weighted by atomic mass is 9.93. The van der Waals surface area contributed by atoms with Gasteiger partial charge in [0.15, 0.2) is 0 Å². The summed E-state index contributed by atoms with van der Waals surface area (Å²) >= 11 is 12.6. The number of H-pyrrole nitrogens is 1. The zero-order chi connectivity index (χ0) is 27.0. The summed E-state index contributed by atoms with van der Waals surface area (Å²) in [7, 11) is 0. The van der Waals surface area contributed by atoms with Crippen molar-refractivity contribution in [3.63, 3.8) is 0 Å². The second-order valence-electron chi connectivity index (χ2n) is 9.41. The first-order chi connectivity index (χ1) is 18.3. The fraction of sp³-hybridized carbons (Fsp3) is 0.286. The molecule has 1 saturated heterocycles. The maximum atomic E-state index is 14.2. The van der Waals surface area contributed by atoms with Gasteiger partial charge in [0.1, 0.15) is 17.7 Å². The molecule has 0 spiro atoms. The van der Waals surface area contributed by atoms with Crippen LogP contribution in [-0.4, -0.2) is 53.3 Å². The Hall–Kier alpha value is -3.49. The van der Waals surface area contributed by atoms with E-state index < -0.39 is 6.04 Å². The first-order valence-electron chi connectivity index (χ1n) is 12.4. The zero-order valence-corrected chi connectivity index (χ0v) is 22.5. The molecule has 7 nitrogen and oxygen atoms in total. The molecule has 1 aromatic heterocycles. The number of piperazine rings is 1. The topological polar surface area (TPSA) is 64.6 Å². The van der Waals surface area contributed by atoms with Gasteiger partial charge >= 0.3 is 0 Å². The van der Waals surface area contributed by atoms with Crippen LogP contribution in [0.5, 0.6) is 0 Å². The van der Waals surface area contributed by atoms with E-state index in [0.29, 0.717) is 60.6 Å². The molecule has 2 aliphatic heterocycles. The lowest BCUT2D eigenvalue weighted by Gasteiger charge is -2.41. The van der Waals surface area contributed by atoms with Crippen LogP contribution in [0.15, 0.2) is 77.3 Å². The fourth-order valence-electron chi connectivity index (χ4n) is 5.21. The number of carbonyl (C=O) groups is 1. The van der Waals surface area contributed by atoms with E-state index in [4.69, 9.17) is 23.2 Å². The van der Waals surface area contributed by atoms with Crippen LogP contribution in [0.4, 0.5) is 15.9 Å². The number of nitrogens with zero attached hydrogens (tertiary/aromatic N) is 4. The maximum Gasteiger partial charge on any atom is 0.266 e. The van der Waals surface area contributed by atoms with Gasteiger partial charge in [0, 0.05) is 50.2 Å². The molecule has 0 bridgehead atoms. The molecule has 1 unspecified atom stereocenters. The highest BCUT2D eigenvalue weighted by Gasteiger charge is 2.38. The second kappa shape index (κ2) is 10.7. The molecule has 198 valence electrons. The van der Waals surface area contributed by atoms with E-state index in [1.807, 2.05) is 28.9 Å². The van der Waals surface area contributed by atoms with Crippen LogP contribution in [0.1, 0.15) is 24.9 Å². The summed E-state index contributed by atoms with van der Waals surface area (Å²) in [6, 6.07) is 12.6. The van der Waals surface area contributed by atoms with Crippen LogP contribution in [0.25, 0.3) is 0 Å². The number of fused-ring (bicyclic) bond motifs is 1. The Labute approximate surface area is 230 Å². The Morgan fingerprint density at radius 3 is 2.45 bits per heavy atom. The Morgan fingerprint density at radius 1 is 1.08 bits per heavy atom. The second-order valence-corrected chi connectivity index (χ2v) is 10.2. The van der Waals surface area contributed by atoms with Gasteiger partial charge in [0.05, 0.1) is 15.6 Å². The van der Waals surface area contributed by atoms with Gasteiger partial charge in [-0.2, -0.15) is 0 Å². The number of hydrogen-bond acceptors (Lipinski definition) is 4. The van der Waals surface area contributed by atoms with Crippen molar-refractivity contribution >= 4 is 40.6 Å². The van der Waals surface area contributed by atoms with Gasteiger partial charge in [-0.1, -0.05) is 35.3 Å².